The van der Waals surface area contributed by atoms with Crippen molar-refractivity contribution in [1.29, 1.82) is 0 Å². The summed E-state index contributed by atoms with van der Waals surface area (Å²) in [4.78, 5) is 30.1. The molecule has 1 aromatic carbocycles. The minimum atomic E-state index is -0.434. The third-order valence-corrected chi connectivity index (χ3v) is 4.14. The molecule has 3 rings (SSSR count). The van der Waals surface area contributed by atoms with E-state index in [1.807, 2.05) is 37.6 Å². The maximum atomic E-state index is 12.2. The summed E-state index contributed by atoms with van der Waals surface area (Å²) < 4.78 is 1.97. The van der Waals surface area contributed by atoms with E-state index in [-0.39, 0.29) is 0 Å². The number of aromatic nitrogens is 2. The van der Waals surface area contributed by atoms with Crippen molar-refractivity contribution in [3.63, 3.8) is 0 Å². The highest BCUT2D eigenvalue weighted by molar-refractivity contribution is 6.52. The highest BCUT2D eigenvalue weighted by atomic mass is 16.2. The molecule has 0 saturated carbocycles. The second-order valence-corrected chi connectivity index (χ2v) is 5.36. The average Bonchev–Trinajstić information content (AvgIpc) is 2.97. The van der Waals surface area contributed by atoms with E-state index in [1.54, 1.807) is 17.2 Å². The molecule has 0 fully saturated rings. The van der Waals surface area contributed by atoms with Gasteiger partial charge in [-0.15, -0.1) is 0 Å². The van der Waals surface area contributed by atoms with Crippen molar-refractivity contribution >= 4 is 17.4 Å². The van der Waals surface area contributed by atoms with Crippen LogP contribution in [0.25, 0.3) is 0 Å². The smallest absolute Gasteiger partial charge is 0.299 e. The second kappa shape index (κ2) is 4.84. The summed E-state index contributed by atoms with van der Waals surface area (Å²) in [6, 6.07) is 3.64. The van der Waals surface area contributed by atoms with Gasteiger partial charge in [-0.05, 0) is 38.0 Å². The number of Topliss-reactive ketones (excluding diaryl/α,β-unsaturated/α-hetero) is 1. The van der Waals surface area contributed by atoms with Crippen LogP contribution < -0.4 is 4.90 Å². The molecule has 1 aromatic heterocycles. The number of carbonyl (C=O) groups is 2. The Morgan fingerprint density at radius 1 is 1.10 bits per heavy atom. The highest BCUT2D eigenvalue weighted by Crippen LogP contribution is 2.33. The fourth-order valence-corrected chi connectivity index (χ4v) is 2.73. The van der Waals surface area contributed by atoms with Crippen molar-refractivity contribution in [3.8, 4) is 0 Å². The van der Waals surface area contributed by atoms with E-state index in [9.17, 15) is 9.59 Å². The van der Waals surface area contributed by atoms with Gasteiger partial charge in [0, 0.05) is 25.5 Å². The van der Waals surface area contributed by atoms with Crippen molar-refractivity contribution in [2.24, 2.45) is 0 Å². The van der Waals surface area contributed by atoms with E-state index in [4.69, 9.17) is 0 Å². The van der Waals surface area contributed by atoms with Gasteiger partial charge in [0.2, 0.25) is 0 Å². The van der Waals surface area contributed by atoms with Crippen LogP contribution in [-0.4, -0.2) is 27.8 Å². The Morgan fingerprint density at radius 3 is 2.52 bits per heavy atom. The first kappa shape index (κ1) is 13.5. The lowest BCUT2D eigenvalue weighted by atomic mass is 10.0. The van der Waals surface area contributed by atoms with E-state index in [2.05, 4.69) is 4.98 Å². The van der Waals surface area contributed by atoms with Gasteiger partial charge in [-0.3, -0.25) is 9.59 Å². The Bertz CT molecular complexity index is 746. The number of nitrogens with zero attached hydrogens (tertiary/aromatic N) is 3. The monoisotopic (exact) mass is 283 g/mol. The second-order valence-electron chi connectivity index (χ2n) is 5.36. The molecule has 0 spiro atoms. The molecule has 21 heavy (non-hydrogen) atoms. The average molecular weight is 283 g/mol. The lowest BCUT2D eigenvalue weighted by Gasteiger charge is -2.20. The summed E-state index contributed by atoms with van der Waals surface area (Å²) in [5.74, 6) is 0.0566. The molecule has 5 heteroatoms. The first-order chi connectivity index (χ1) is 10.0. The topological polar surface area (TPSA) is 55.2 Å². The third kappa shape index (κ3) is 2.05. The summed E-state index contributed by atoms with van der Waals surface area (Å²) in [7, 11) is 0. The molecule has 108 valence electrons. The van der Waals surface area contributed by atoms with Crippen LogP contribution in [0.3, 0.4) is 0 Å². The molecule has 0 atom stereocenters. The van der Waals surface area contributed by atoms with Crippen LogP contribution in [0.2, 0.25) is 0 Å². The number of rotatable bonds is 3. The number of anilines is 1. The Balaban J connectivity index is 1.94. The quantitative estimate of drug-likeness (QED) is 0.810. The molecule has 0 bridgehead atoms. The van der Waals surface area contributed by atoms with Crippen molar-refractivity contribution < 1.29 is 9.59 Å². The standard InChI is InChI=1S/C16H17N3O2/c1-10-4-5-13-14(11(10)2)19(16(21)15(13)20)9-8-18-7-6-17-12(18)3/h4-7H,8-9H2,1-3H3. The fraction of sp³-hybridized carbons (Fsp3) is 0.312. The van der Waals surface area contributed by atoms with Gasteiger partial charge < -0.3 is 9.47 Å². The highest BCUT2D eigenvalue weighted by Gasteiger charge is 2.36. The zero-order valence-corrected chi connectivity index (χ0v) is 12.4. The summed E-state index contributed by atoms with van der Waals surface area (Å²) in [6.07, 6.45) is 3.61. The van der Waals surface area contributed by atoms with Crippen molar-refractivity contribution in [3.05, 3.63) is 47.0 Å². The summed E-state index contributed by atoms with van der Waals surface area (Å²) >= 11 is 0. The fourth-order valence-electron chi connectivity index (χ4n) is 2.73. The van der Waals surface area contributed by atoms with Crippen LogP contribution in [0, 0.1) is 20.8 Å². The Hall–Kier alpha value is -2.43. The van der Waals surface area contributed by atoms with E-state index >= 15 is 0 Å². The number of amides is 1. The predicted octanol–water partition coefficient (Wildman–Crippen LogP) is 2.04. The lowest BCUT2D eigenvalue weighted by Crippen LogP contribution is -2.33. The number of aryl methyl sites for hydroxylation is 2. The summed E-state index contributed by atoms with van der Waals surface area (Å²) in [6.45, 7) is 6.95. The number of fused-ring (bicyclic) bond motifs is 1. The molecule has 0 aliphatic carbocycles. The first-order valence-electron chi connectivity index (χ1n) is 6.95. The molecule has 2 aromatic rings. The van der Waals surface area contributed by atoms with Crippen molar-refractivity contribution in [1.82, 2.24) is 9.55 Å². The minimum absolute atomic E-state index is 0.407. The molecular formula is C16H17N3O2. The van der Waals surface area contributed by atoms with Gasteiger partial charge in [0.05, 0.1) is 11.3 Å². The van der Waals surface area contributed by atoms with Crippen LogP contribution in [0.5, 0.6) is 0 Å². The third-order valence-electron chi connectivity index (χ3n) is 4.14. The van der Waals surface area contributed by atoms with Crippen LogP contribution in [0.1, 0.15) is 27.3 Å². The molecule has 0 radical (unpaired) electrons. The van der Waals surface area contributed by atoms with Gasteiger partial charge >= 0.3 is 0 Å². The number of imidazole rings is 1. The molecule has 1 aliphatic heterocycles. The number of hydrogen-bond donors (Lipinski definition) is 0. The normalized spacial score (nSPS) is 14.0. The van der Waals surface area contributed by atoms with Gasteiger partial charge in [0.15, 0.2) is 0 Å². The van der Waals surface area contributed by atoms with E-state index in [0.717, 1.165) is 22.6 Å². The molecule has 0 N–H and O–H groups in total. The molecule has 2 heterocycles. The molecular weight excluding hydrogens is 266 g/mol. The number of carbonyl (C=O) groups excluding carboxylic acids is 2. The van der Waals surface area contributed by atoms with Gasteiger partial charge in [-0.25, -0.2) is 4.98 Å². The first-order valence-corrected chi connectivity index (χ1v) is 6.95. The van der Waals surface area contributed by atoms with Crippen LogP contribution >= 0.6 is 0 Å². The van der Waals surface area contributed by atoms with Crippen LogP contribution in [0.4, 0.5) is 5.69 Å². The minimum Gasteiger partial charge on any atom is -0.333 e. The Kier molecular flexibility index (Phi) is 3.12. The maximum Gasteiger partial charge on any atom is 0.299 e. The van der Waals surface area contributed by atoms with Gasteiger partial charge in [-0.1, -0.05) is 6.07 Å². The zero-order valence-electron chi connectivity index (χ0n) is 12.4. The van der Waals surface area contributed by atoms with E-state index < -0.39 is 11.7 Å². The number of ketones is 1. The van der Waals surface area contributed by atoms with E-state index in [0.29, 0.717) is 18.7 Å². The van der Waals surface area contributed by atoms with Gasteiger partial charge in [-0.2, -0.15) is 0 Å². The van der Waals surface area contributed by atoms with Crippen molar-refractivity contribution in [2.75, 3.05) is 11.4 Å². The predicted molar refractivity (Wildman–Crippen MR) is 79.6 cm³/mol. The molecule has 1 amide bonds. The maximum absolute atomic E-state index is 12.2. The Labute approximate surface area is 123 Å². The number of hydrogen-bond acceptors (Lipinski definition) is 3. The lowest BCUT2D eigenvalue weighted by molar-refractivity contribution is -0.114. The zero-order chi connectivity index (χ0) is 15.1. The van der Waals surface area contributed by atoms with Crippen LogP contribution in [0.15, 0.2) is 24.5 Å². The van der Waals surface area contributed by atoms with E-state index in [1.165, 1.54) is 0 Å². The van der Waals surface area contributed by atoms with Crippen molar-refractivity contribution in [2.45, 2.75) is 27.3 Å². The largest absolute Gasteiger partial charge is 0.333 e. The summed E-state index contributed by atoms with van der Waals surface area (Å²) in [5, 5.41) is 0. The molecule has 1 aliphatic rings. The van der Waals surface area contributed by atoms with Gasteiger partial charge in [0.1, 0.15) is 5.82 Å². The SMILES string of the molecule is Cc1ccc2c(c1C)N(CCn1ccnc1C)C(=O)C2=O. The molecule has 0 saturated heterocycles. The molecule has 5 nitrogen and oxygen atoms in total. The summed E-state index contributed by atoms with van der Waals surface area (Å²) in [5.41, 5.74) is 3.36. The number of benzene rings is 1. The Morgan fingerprint density at radius 2 is 1.86 bits per heavy atom. The van der Waals surface area contributed by atoms with Gasteiger partial charge in [0.25, 0.3) is 11.7 Å². The van der Waals surface area contributed by atoms with Crippen LogP contribution in [-0.2, 0) is 11.3 Å². The molecule has 0 unspecified atom stereocenters.